The predicted octanol–water partition coefficient (Wildman–Crippen LogP) is 7.01. The summed E-state index contributed by atoms with van der Waals surface area (Å²) in [6.07, 6.45) is -3.06. The number of hydrazone groups is 1. The Morgan fingerprint density at radius 2 is 1.70 bits per heavy atom. The lowest BCUT2D eigenvalue weighted by Gasteiger charge is -2.14. The van der Waals surface area contributed by atoms with Crippen molar-refractivity contribution in [1.29, 1.82) is 0 Å². The number of thiocarbonyl (C=S) groups is 1. The van der Waals surface area contributed by atoms with E-state index in [-0.39, 0.29) is 12.4 Å². The topological polar surface area (TPSA) is 72.7 Å². The third-order valence-electron chi connectivity index (χ3n) is 5.84. The largest absolute Gasteiger partial charge is 0.573 e. The molecular weight excluding hydrogens is 539 g/mol. The van der Waals surface area contributed by atoms with Gasteiger partial charge in [0.2, 0.25) is 0 Å². The van der Waals surface area contributed by atoms with E-state index < -0.39 is 6.36 Å². The molecule has 0 saturated carbocycles. The van der Waals surface area contributed by atoms with E-state index in [1.807, 2.05) is 48.5 Å². The first kappa shape index (κ1) is 28.6. The highest BCUT2D eigenvalue weighted by Gasteiger charge is 2.31. The number of alkyl halides is 3. The first-order chi connectivity index (χ1) is 19.1. The molecule has 0 amide bonds. The fourth-order valence-corrected chi connectivity index (χ4v) is 4.01. The zero-order valence-corrected chi connectivity index (χ0v) is 22.9. The number of aryl methyl sites for hydroxylation is 1. The summed E-state index contributed by atoms with van der Waals surface area (Å²) in [6, 6.07) is 22.8. The molecule has 0 radical (unpaired) electrons. The number of benzene rings is 3. The second-order valence-electron chi connectivity index (χ2n) is 9.14. The number of aromatic nitrogens is 2. The summed E-state index contributed by atoms with van der Waals surface area (Å²) >= 11 is 5.37. The van der Waals surface area contributed by atoms with Crippen molar-refractivity contribution >= 4 is 29.2 Å². The Morgan fingerprint density at radius 3 is 2.38 bits per heavy atom. The smallest absolute Gasteiger partial charge is 0.487 e. The normalized spacial score (nSPS) is 11.6. The summed E-state index contributed by atoms with van der Waals surface area (Å²) in [5, 5.41) is 12.4. The van der Waals surface area contributed by atoms with Crippen molar-refractivity contribution in [2.24, 2.45) is 12.1 Å². The minimum atomic E-state index is -4.74. The van der Waals surface area contributed by atoms with Crippen LogP contribution in [0.5, 0.6) is 11.5 Å². The maximum absolute atomic E-state index is 12.3. The van der Waals surface area contributed by atoms with Gasteiger partial charge in [-0.3, -0.25) is 10.1 Å². The van der Waals surface area contributed by atoms with E-state index in [0.29, 0.717) is 16.8 Å². The average Bonchev–Trinajstić information content (AvgIpc) is 3.28. The molecule has 0 aliphatic rings. The molecule has 7 nitrogen and oxygen atoms in total. The van der Waals surface area contributed by atoms with Crippen LogP contribution in [-0.2, 0) is 13.7 Å². The fourth-order valence-electron chi connectivity index (χ4n) is 3.85. The van der Waals surface area contributed by atoms with Gasteiger partial charge in [-0.25, -0.2) is 0 Å². The molecule has 0 fully saturated rings. The van der Waals surface area contributed by atoms with Crippen LogP contribution in [0.3, 0.4) is 0 Å². The van der Waals surface area contributed by atoms with Gasteiger partial charge in [0, 0.05) is 18.3 Å². The van der Waals surface area contributed by atoms with Crippen molar-refractivity contribution in [2.45, 2.75) is 32.7 Å². The first-order valence-corrected chi connectivity index (χ1v) is 12.8. The van der Waals surface area contributed by atoms with E-state index in [1.165, 1.54) is 29.8 Å². The summed E-state index contributed by atoms with van der Waals surface area (Å²) in [7, 11) is 1.80. The molecule has 0 atom stereocenters. The lowest BCUT2D eigenvalue weighted by molar-refractivity contribution is -0.274. The quantitative estimate of drug-likeness (QED) is 0.129. The summed E-state index contributed by atoms with van der Waals surface area (Å²) in [4.78, 5) is 0. The molecule has 0 saturated heterocycles. The number of halogens is 3. The predicted molar refractivity (Wildman–Crippen MR) is 154 cm³/mol. The number of nitrogens with zero attached hydrogens (tertiary/aromatic N) is 3. The van der Waals surface area contributed by atoms with Gasteiger partial charge in [0.15, 0.2) is 5.11 Å². The van der Waals surface area contributed by atoms with Gasteiger partial charge < -0.3 is 14.8 Å². The van der Waals surface area contributed by atoms with Crippen molar-refractivity contribution in [3.05, 3.63) is 95.7 Å². The standard InChI is InChI=1S/C29H28F3N5O2S/c1-19(2)25-6-4-5-7-26(25)34-28(40)35-33-17-20-8-10-21(11-9-20)27-16-22(37(3)36-27)18-38-23-12-14-24(15-13-23)39-29(30,31)32/h4-17,19H,18H2,1-3H3,(H2,34,35,40)/b33-17+. The Morgan fingerprint density at radius 1 is 1.02 bits per heavy atom. The molecule has 11 heteroatoms. The number of hydrogen-bond acceptors (Lipinski definition) is 5. The molecule has 0 aliphatic carbocycles. The van der Waals surface area contributed by atoms with Crippen LogP contribution in [-0.4, -0.2) is 27.5 Å². The Labute approximate surface area is 235 Å². The van der Waals surface area contributed by atoms with Gasteiger partial charge in [-0.05, 0) is 65.7 Å². The first-order valence-electron chi connectivity index (χ1n) is 12.4. The van der Waals surface area contributed by atoms with Crippen molar-refractivity contribution in [3.63, 3.8) is 0 Å². The Balaban J connectivity index is 1.31. The van der Waals surface area contributed by atoms with Gasteiger partial charge in [0.1, 0.15) is 18.1 Å². The molecule has 0 unspecified atom stereocenters. The van der Waals surface area contributed by atoms with Crippen LogP contribution in [0.25, 0.3) is 11.3 Å². The number of para-hydroxylation sites is 1. The number of ether oxygens (including phenoxy) is 2. The SMILES string of the molecule is CC(C)c1ccccc1NC(=S)N/N=C/c1ccc(-c2cc(COc3ccc(OC(F)(F)F)cc3)n(C)n2)cc1. The van der Waals surface area contributed by atoms with Gasteiger partial charge in [0.05, 0.1) is 17.6 Å². The molecule has 4 rings (SSSR count). The average molecular weight is 568 g/mol. The van der Waals surface area contributed by atoms with E-state index in [9.17, 15) is 13.2 Å². The number of hydrogen-bond donors (Lipinski definition) is 2. The second kappa shape index (κ2) is 12.6. The lowest BCUT2D eigenvalue weighted by Crippen LogP contribution is -2.24. The van der Waals surface area contributed by atoms with Gasteiger partial charge in [-0.15, -0.1) is 13.2 Å². The molecule has 2 N–H and O–H groups in total. The van der Waals surface area contributed by atoms with Crippen LogP contribution in [0.4, 0.5) is 18.9 Å². The highest BCUT2D eigenvalue weighted by molar-refractivity contribution is 7.80. The van der Waals surface area contributed by atoms with Gasteiger partial charge >= 0.3 is 6.36 Å². The maximum atomic E-state index is 12.3. The second-order valence-corrected chi connectivity index (χ2v) is 9.55. The van der Waals surface area contributed by atoms with Crippen molar-refractivity contribution in [3.8, 4) is 22.8 Å². The van der Waals surface area contributed by atoms with E-state index in [2.05, 4.69) is 45.6 Å². The van der Waals surface area contributed by atoms with E-state index in [1.54, 1.807) is 17.9 Å². The molecule has 208 valence electrons. The van der Waals surface area contributed by atoms with Crippen LogP contribution >= 0.6 is 12.2 Å². The van der Waals surface area contributed by atoms with Crippen molar-refractivity contribution in [1.82, 2.24) is 15.2 Å². The van der Waals surface area contributed by atoms with Gasteiger partial charge in [-0.2, -0.15) is 10.2 Å². The fraction of sp³-hybridized carbons (Fsp3) is 0.207. The molecule has 1 heterocycles. The maximum Gasteiger partial charge on any atom is 0.573 e. The van der Waals surface area contributed by atoms with Crippen LogP contribution in [0.2, 0.25) is 0 Å². The molecule has 4 aromatic rings. The monoisotopic (exact) mass is 567 g/mol. The summed E-state index contributed by atoms with van der Waals surface area (Å²) < 4.78 is 48.2. The van der Waals surface area contributed by atoms with E-state index in [0.717, 1.165) is 28.2 Å². The number of nitrogens with one attached hydrogen (secondary N) is 2. The van der Waals surface area contributed by atoms with Gasteiger partial charge in [-0.1, -0.05) is 56.3 Å². The van der Waals surface area contributed by atoms with E-state index >= 15 is 0 Å². The van der Waals surface area contributed by atoms with Crippen LogP contribution in [0.1, 0.15) is 36.6 Å². The van der Waals surface area contributed by atoms with Crippen molar-refractivity contribution in [2.75, 3.05) is 5.32 Å². The van der Waals surface area contributed by atoms with Crippen molar-refractivity contribution < 1.29 is 22.6 Å². The Bertz CT molecular complexity index is 1470. The lowest BCUT2D eigenvalue weighted by atomic mass is 10.0. The van der Waals surface area contributed by atoms with E-state index in [4.69, 9.17) is 17.0 Å². The molecule has 0 aliphatic heterocycles. The van der Waals surface area contributed by atoms with Crippen LogP contribution in [0, 0.1) is 0 Å². The minimum absolute atomic E-state index is 0.189. The van der Waals surface area contributed by atoms with Crippen LogP contribution < -0.4 is 20.2 Å². The van der Waals surface area contributed by atoms with Gasteiger partial charge in [0.25, 0.3) is 0 Å². The summed E-state index contributed by atoms with van der Waals surface area (Å²) in [6.45, 7) is 4.44. The zero-order valence-electron chi connectivity index (χ0n) is 22.1. The number of anilines is 1. The third kappa shape index (κ3) is 8.06. The molecule has 40 heavy (non-hydrogen) atoms. The number of rotatable bonds is 9. The summed E-state index contributed by atoms with van der Waals surface area (Å²) in [5.41, 5.74) is 8.29. The summed E-state index contributed by atoms with van der Waals surface area (Å²) in [5.74, 6) is 0.464. The minimum Gasteiger partial charge on any atom is -0.487 e. The highest BCUT2D eigenvalue weighted by Crippen LogP contribution is 2.26. The van der Waals surface area contributed by atoms with Crippen LogP contribution in [0.15, 0.2) is 84.0 Å². The molecule has 0 spiro atoms. The molecular formula is C29H28F3N5O2S. The molecule has 3 aromatic carbocycles. The third-order valence-corrected chi connectivity index (χ3v) is 6.03. The Kier molecular flexibility index (Phi) is 9.05. The Hall–Kier alpha value is -4.38. The zero-order chi connectivity index (χ0) is 28.7. The molecule has 1 aromatic heterocycles. The molecule has 0 bridgehead atoms. The highest BCUT2D eigenvalue weighted by atomic mass is 32.1.